The number of carbonyl (C=O) groups is 3. The molecule has 1 saturated heterocycles. The Bertz CT molecular complexity index is 1340. The Kier molecular flexibility index (Phi) is 8.29. The molecule has 202 valence electrons. The third kappa shape index (κ3) is 6.32. The van der Waals surface area contributed by atoms with Gasteiger partial charge in [0.15, 0.2) is 0 Å². The molecule has 1 fully saturated rings. The van der Waals surface area contributed by atoms with E-state index in [0.717, 1.165) is 50.3 Å². The SMILES string of the molecule is CN1CCN(C(=O)CC2CCCN(C(=O)c3ccc(NC(=O)c4ccccc4)cc3)c3ccc(Cl)cc32)CC1. The van der Waals surface area contributed by atoms with Crippen molar-refractivity contribution >= 4 is 40.7 Å². The van der Waals surface area contributed by atoms with E-state index in [2.05, 4.69) is 17.3 Å². The summed E-state index contributed by atoms with van der Waals surface area (Å²) in [5, 5.41) is 3.47. The normalized spacial score (nSPS) is 17.7. The summed E-state index contributed by atoms with van der Waals surface area (Å²) in [6.45, 7) is 3.82. The van der Waals surface area contributed by atoms with Gasteiger partial charge < -0.3 is 20.0 Å². The van der Waals surface area contributed by atoms with Crippen LogP contribution in [-0.2, 0) is 4.79 Å². The topological polar surface area (TPSA) is 73.0 Å². The minimum absolute atomic E-state index is 0.000712. The minimum Gasteiger partial charge on any atom is -0.340 e. The van der Waals surface area contributed by atoms with E-state index < -0.39 is 0 Å². The molecule has 3 aromatic rings. The molecule has 0 radical (unpaired) electrons. The van der Waals surface area contributed by atoms with Gasteiger partial charge in [0.1, 0.15) is 0 Å². The van der Waals surface area contributed by atoms with Crippen LogP contribution in [0.15, 0.2) is 72.8 Å². The molecule has 7 nitrogen and oxygen atoms in total. The number of rotatable bonds is 5. The maximum absolute atomic E-state index is 13.7. The average Bonchev–Trinajstić information content (AvgIpc) is 3.13. The number of piperazine rings is 1. The lowest BCUT2D eigenvalue weighted by molar-refractivity contribution is -0.133. The van der Waals surface area contributed by atoms with Crippen molar-refractivity contribution in [2.45, 2.75) is 25.2 Å². The number of nitrogens with zero attached hydrogens (tertiary/aromatic N) is 3. The number of halogens is 1. The van der Waals surface area contributed by atoms with Crippen molar-refractivity contribution in [1.82, 2.24) is 9.80 Å². The van der Waals surface area contributed by atoms with E-state index >= 15 is 0 Å². The summed E-state index contributed by atoms with van der Waals surface area (Å²) >= 11 is 6.41. The molecule has 3 amide bonds. The number of nitrogens with one attached hydrogen (secondary N) is 1. The van der Waals surface area contributed by atoms with Crippen LogP contribution in [0.2, 0.25) is 5.02 Å². The van der Waals surface area contributed by atoms with E-state index in [1.165, 1.54) is 0 Å². The summed E-state index contributed by atoms with van der Waals surface area (Å²) in [7, 11) is 2.07. The van der Waals surface area contributed by atoms with Crippen LogP contribution in [0.25, 0.3) is 0 Å². The molecule has 0 spiro atoms. The summed E-state index contributed by atoms with van der Waals surface area (Å²) in [6, 6.07) is 21.5. The zero-order valence-corrected chi connectivity index (χ0v) is 22.9. The molecule has 2 aliphatic rings. The number of hydrogen-bond donors (Lipinski definition) is 1. The summed E-state index contributed by atoms with van der Waals surface area (Å²) in [6.07, 6.45) is 2.00. The molecule has 39 heavy (non-hydrogen) atoms. The fourth-order valence-electron chi connectivity index (χ4n) is 5.33. The number of amides is 3. The highest BCUT2D eigenvalue weighted by molar-refractivity contribution is 6.30. The zero-order valence-electron chi connectivity index (χ0n) is 22.1. The summed E-state index contributed by atoms with van der Waals surface area (Å²) in [5.41, 5.74) is 3.46. The van der Waals surface area contributed by atoms with Gasteiger partial charge in [0.05, 0.1) is 0 Å². The van der Waals surface area contributed by atoms with E-state index in [1.807, 2.05) is 35.2 Å². The Morgan fingerprint density at radius 1 is 0.872 bits per heavy atom. The number of hydrogen-bond acceptors (Lipinski definition) is 4. The lowest BCUT2D eigenvalue weighted by atomic mass is 9.90. The number of fused-ring (bicyclic) bond motifs is 1. The third-order valence-corrected chi connectivity index (χ3v) is 7.84. The molecule has 0 aromatic heterocycles. The molecule has 0 saturated carbocycles. The predicted molar refractivity (Wildman–Crippen MR) is 155 cm³/mol. The Hall–Kier alpha value is -3.68. The zero-order chi connectivity index (χ0) is 27.4. The van der Waals surface area contributed by atoms with Gasteiger partial charge in [-0.25, -0.2) is 0 Å². The van der Waals surface area contributed by atoms with Crippen molar-refractivity contribution in [2.24, 2.45) is 0 Å². The second-order valence-electron chi connectivity index (χ2n) is 10.3. The first kappa shape index (κ1) is 26.9. The monoisotopic (exact) mass is 544 g/mol. The van der Waals surface area contributed by atoms with Crippen molar-refractivity contribution in [3.05, 3.63) is 94.5 Å². The van der Waals surface area contributed by atoms with E-state index in [1.54, 1.807) is 47.4 Å². The van der Waals surface area contributed by atoms with Crippen molar-refractivity contribution in [3.8, 4) is 0 Å². The van der Waals surface area contributed by atoms with Crippen LogP contribution in [0.4, 0.5) is 11.4 Å². The third-order valence-electron chi connectivity index (χ3n) is 7.60. The number of benzene rings is 3. The van der Waals surface area contributed by atoms with Crippen LogP contribution in [0.3, 0.4) is 0 Å². The maximum Gasteiger partial charge on any atom is 0.258 e. The lowest BCUT2D eigenvalue weighted by Gasteiger charge is -2.33. The van der Waals surface area contributed by atoms with E-state index in [-0.39, 0.29) is 23.6 Å². The van der Waals surface area contributed by atoms with Crippen molar-refractivity contribution in [3.63, 3.8) is 0 Å². The van der Waals surface area contributed by atoms with Crippen molar-refractivity contribution in [1.29, 1.82) is 0 Å². The maximum atomic E-state index is 13.7. The highest BCUT2D eigenvalue weighted by Gasteiger charge is 2.30. The van der Waals surface area contributed by atoms with Crippen LogP contribution in [0.1, 0.15) is 51.5 Å². The second kappa shape index (κ2) is 12.0. The van der Waals surface area contributed by atoms with E-state index in [0.29, 0.717) is 34.8 Å². The van der Waals surface area contributed by atoms with Crippen LogP contribution in [0.5, 0.6) is 0 Å². The predicted octanol–water partition coefficient (Wildman–Crippen LogP) is 5.28. The Morgan fingerprint density at radius 2 is 1.59 bits per heavy atom. The first-order chi connectivity index (χ1) is 18.9. The smallest absolute Gasteiger partial charge is 0.258 e. The molecular weight excluding hydrogens is 512 g/mol. The molecule has 8 heteroatoms. The number of likely N-dealkylation sites (N-methyl/N-ethyl adjacent to an activating group) is 1. The molecule has 1 N–H and O–H groups in total. The molecule has 2 aliphatic heterocycles. The van der Waals surface area contributed by atoms with Gasteiger partial charge in [0.25, 0.3) is 11.8 Å². The molecule has 1 atom stereocenters. The number of anilines is 2. The van der Waals surface area contributed by atoms with Crippen molar-refractivity contribution in [2.75, 3.05) is 50.0 Å². The van der Waals surface area contributed by atoms with Gasteiger partial charge in [-0.05, 0) is 86.0 Å². The highest BCUT2D eigenvalue weighted by atomic mass is 35.5. The minimum atomic E-state index is -0.204. The van der Waals surface area contributed by atoms with Gasteiger partial charge >= 0.3 is 0 Å². The molecule has 1 unspecified atom stereocenters. The van der Waals surface area contributed by atoms with Gasteiger partial charge in [0.2, 0.25) is 5.91 Å². The van der Waals surface area contributed by atoms with Crippen LogP contribution < -0.4 is 10.2 Å². The Balaban J connectivity index is 1.32. The average molecular weight is 545 g/mol. The molecule has 5 rings (SSSR count). The largest absolute Gasteiger partial charge is 0.340 e. The molecule has 0 aliphatic carbocycles. The molecule has 0 bridgehead atoms. The summed E-state index contributed by atoms with van der Waals surface area (Å²) < 4.78 is 0. The van der Waals surface area contributed by atoms with Gasteiger partial charge in [-0.2, -0.15) is 0 Å². The van der Waals surface area contributed by atoms with Crippen molar-refractivity contribution < 1.29 is 14.4 Å². The van der Waals surface area contributed by atoms with Crippen LogP contribution in [0, 0.1) is 0 Å². The first-order valence-corrected chi connectivity index (χ1v) is 13.8. The quantitative estimate of drug-likeness (QED) is 0.474. The van der Waals surface area contributed by atoms with Gasteiger partial charge in [0, 0.05) is 66.7 Å². The van der Waals surface area contributed by atoms with Gasteiger partial charge in [-0.1, -0.05) is 29.8 Å². The number of carbonyl (C=O) groups excluding carboxylic acids is 3. The second-order valence-corrected chi connectivity index (χ2v) is 10.7. The Labute approximate surface area is 234 Å². The molecule has 3 aromatic carbocycles. The van der Waals surface area contributed by atoms with E-state index in [9.17, 15) is 14.4 Å². The van der Waals surface area contributed by atoms with Gasteiger partial charge in [-0.15, -0.1) is 0 Å². The fraction of sp³-hybridized carbons (Fsp3) is 0.323. The van der Waals surface area contributed by atoms with Gasteiger partial charge in [-0.3, -0.25) is 14.4 Å². The highest BCUT2D eigenvalue weighted by Crippen LogP contribution is 2.39. The lowest BCUT2D eigenvalue weighted by Crippen LogP contribution is -2.47. The fourth-order valence-corrected chi connectivity index (χ4v) is 5.51. The summed E-state index contributed by atoms with van der Waals surface area (Å²) in [5.74, 6) is -0.165. The first-order valence-electron chi connectivity index (χ1n) is 13.4. The molecule has 2 heterocycles. The van der Waals surface area contributed by atoms with Crippen LogP contribution in [-0.4, -0.2) is 67.3 Å². The standard InChI is InChI=1S/C31H33ClN4O3/c1-34-16-18-35(19-17-34)29(37)20-24-8-5-15-36(28-14-11-25(32)21-27(24)28)31(39)23-9-12-26(13-10-23)33-30(38)22-6-3-2-4-7-22/h2-4,6-7,9-14,21,24H,5,8,15-20H2,1H3,(H,33,38). The van der Waals surface area contributed by atoms with E-state index in [4.69, 9.17) is 11.6 Å². The Morgan fingerprint density at radius 3 is 2.31 bits per heavy atom. The molecular formula is C31H33ClN4O3. The summed E-state index contributed by atoms with van der Waals surface area (Å²) in [4.78, 5) is 45.3. The van der Waals surface area contributed by atoms with Crippen LogP contribution >= 0.6 is 11.6 Å².